The topological polar surface area (TPSA) is 29.9 Å². The van der Waals surface area contributed by atoms with Crippen molar-refractivity contribution in [3.05, 3.63) is 23.5 Å². The first kappa shape index (κ1) is 14.8. The van der Waals surface area contributed by atoms with Crippen LogP contribution in [0.15, 0.2) is 17.8 Å². The molecule has 0 bridgehead atoms. The van der Waals surface area contributed by atoms with Crippen molar-refractivity contribution in [2.24, 2.45) is 0 Å². The number of hydrogen-bond donors (Lipinski definition) is 1. The number of nitrogens with zero attached hydrogens (tertiary/aromatic N) is 2. The molecule has 0 radical (unpaired) electrons. The van der Waals surface area contributed by atoms with Crippen molar-refractivity contribution in [3.63, 3.8) is 0 Å². The maximum atomic E-state index is 4.79. The Bertz CT molecular complexity index is 463. The maximum absolute atomic E-state index is 4.79. The SMILES string of the molecule is C/C(=C/c1ccn(C2CCCCC2)n1)CC1CCCCN1. The van der Waals surface area contributed by atoms with Gasteiger partial charge in [-0.1, -0.05) is 31.3 Å². The first-order chi connectivity index (χ1) is 10.3. The van der Waals surface area contributed by atoms with Gasteiger partial charge in [-0.25, -0.2) is 0 Å². The van der Waals surface area contributed by atoms with Crippen LogP contribution in [0, 0.1) is 0 Å². The molecule has 0 amide bonds. The highest BCUT2D eigenvalue weighted by atomic mass is 15.3. The van der Waals surface area contributed by atoms with E-state index < -0.39 is 0 Å². The van der Waals surface area contributed by atoms with E-state index in [-0.39, 0.29) is 0 Å². The lowest BCUT2D eigenvalue weighted by molar-refractivity contribution is 0.329. The van der Waals surface area contributed by atoms with Crippen molar-refractivity contribution in [3.8, 4) is 0 Å². The maximum Gasteiger partial charge on any atom is 0.0850 e. The van der Waals surface area contributed by atoms with Gasteiger partial charge in [-0.3, -0.25) is 4.68 Å². The molecular weight excluding hydrogens is 258 g/mol. The third-order valence-electron chi connectivity index (χ3n) is 4.95. The summed E-state index contributed by atoms with van der Waals surface area (Å²) in [6.07, 6.45) is 16.4. The predicted molar refractivity (Wildman–Crippen MR) is 88.3 cm³/mol. The molecule has 2 fully saturated rings. The molecule has 3 rings (SSSR count). The number of piperidine rings is 1. The van der Waals surface area contributed by atoms with Crippen LogP contribution in [0.2, 0.25) is 0 Å². The Balaban J connectivity index is 1.58. The summed E-state index contributed by atoms with van der Waals surface area (Å²) in [5.41, 5.74) is 2.58. The average molecular weight is 287 g/mol. The molecule has 1 aromatic rings. The zero-order valence-electron chi connectivity index (χ0n) is 13.4. The van der Waals surface area contributed by atoms with E-state index in [4.69, 9.17) is 5.10 Å². The monoisotopic (exact) mass is 287 g/mol. The van der Waals surface area contributed by atoms with Gasteiger partial charge in [-0.2, -0.15) is 5.10 Å². The summed E-state index contributed by atoms with van der Waals surface area (Å²) in [5.74, 6) is 0. The predicted octanol–water partition coefficient (Wildman–Crippen LogP) is 4.32. The molecule has 1 aliphatic heterocycles. The normalized spacial score (nSPS) is 25.2. The van der Waals surface area contributed by atoms with Crippen LogP contribution in [-0.4, -0.2) is 22.4 Å². The highest BCUT2D eigenvalue weighted by molar-refractivity contribution is 5.47. The van der Waals surface area contributed by atoms with Crippen LogP contribution < -0.4 is 5.32 Å². The van der Waals surface area contributed by atoms with Crippen molar-refractivity contribution < 1.29 is 0 Å². The minimum absolute atomic E-state index is 0.640. The summed E-state index contributed by atoms with van der Waals surface area (Å²) in [5, 5.41) is 8.41. The quantitative estimate of drug-likeness (QED) is 0.893. The van der Waals surface area contributed by atoms with Gasteiger partial charge in [0.05, 0.1) is 11.7 Å². The van der Waals surface area contributed by atoms with Crippen LogP contribution in [0.25, 0.3) is 6.08 Å². The molecule has 1 aromatic heterocycles. The molecule has 1 atom stereocenters. The Labute approximate surface area is 128 Å². The second-order valence-electron chi connectivity index (χ2n) is 6.85. The smallest absolute Gasteiger partial charge is 0.0850 e. The minimum atomic E-state index is 0.640. The summed E-state index contributed by atoms with van der Waals surface area (Å²) in [6, 6.07) is 3.49. The van der Waals surface area contributed by atoms with Gasteiger partial charge in [0.2, 0.25) is 0 Å². The number of rotatable bonds is 4. The van der Waals surface area contributed by atoms with Crippen molar-refractivity contribution >= 4 is 6.08 Å². The lowest BCUT2D eigenvalue weighted by Gasteiger charge is -2.23. The summed E-state index contributed by atoms with van der Waals surface area (Å²) < 4.78 is 2.21. The lowest BCUT2D eigenvalue weighted by Crippen LogP contribution is -2.33. The molecule has 1 saturated heterocycles. The van der Waals surface area contributed by atoms with Crippen LogP contribution in [0.4, 0.5) is 0 Å². The second kappa shape index (κ2) is 7.26. The van der Waals surface area contributed by atoms with E-state index in [0.29, 0.717) is 12.1 Å². The Morgan fingerprint density at radius 1 is 1.24 bits per heavy atom. The van der Waals surface area contributed by atoms with E-state index in [1.165, 1.54) is 63.5 Å². The molecule has 1 unspecified atom stereocenters. The molecule has 1 saturated carbocycles. The molecule has 0 aromatic carbocycles. The molecule has 2 aliphatic rings. The van der Waals surface area contributed by atoms with Crippen LogP contribution in [0.5, 0.6) is 0 Å². The van der Waals surface area contributed by atoms with Crippen molar-refractivity contribution in [2.45, 2.75) is 76.8 Å². The van der Waals surface area contributed by atoms with E-state index >= 15 is 0 Å². The van der Waals surface area contributed by atoms with Gasteiger partial charge in [0.15, 0.2) is 0 Å². The molecule has 3 heteroatoms. The number of aromatic nitrogens is 2. The van der Waals surface area contributed by atoms with Crippen molar-refractivity contribution in [1.29, 1.82) is 0 Å². The standard InChI is InChI=1S/C18H29N3/c1-15(13-16-7-5-6-11-19-16)14-17-10-12-21(20-17)18-8-3-2-4-9-18/h10,12,14,16,18-19H,2-9,11,13H2,1H3/b15-14-. The summed E-state index contributed by atoms with van der Waals surface area (Å²) in [4.78, 5) is 0. The zero-order valence-corrected chi connectivity index (χ0v) is 13.4. The van der Waals surface area contributed by atoms with Gasteiger partial charge < -0.3 is 5.32 Å². The van der Waals surface area contributed by atoms with Gasteiger partial charge in [0.1, 0.15) is 0 Å². The molecule has 0 spiro atoms. The Hall–Kier alpha value is -1.09. The number of nitrogens with one attached hydrogen (secondary N) is 1. The first-order valence-corrected chi connectivity index (χ1v) is 8.77. The highest BCUT2D eigenvalue weighted by Crippen LogP contribution is 2.27. The molecule has 21 heavy (non-hydrogen) atoms. The fourth-order valence-corrected chi connectivity index (χ4v) is 3.78. The van der Waals surface area contributed by atoms with E-state index in [2.05, 4.69) is 35.3 Å². The Kier molecular flexibility index (Phi) is 5.13. The number of hydrogen-bond acceptors (Lipinski definition) is 2. The third-order valence-corrected chi connectivity index (χ3v) is 4.95. The summed E-state index contributed by atoms with van der Waals surface area (Å²) in [6.45, 7) is 3.43. The van der Waals surface area contributed by atoms with Crippen molar-refractivity contribution in [2.75, 3.05) is 6.54 Å². The van der Waals surface area contributed by atoms with Crippen LogP contribution >= 0.6 is 0 Å². The molecule has 1 aliphatic carbocycles. The minimum Gasteiger partial charge on any atom is -0.314 e. The van der Waals surface area contributed by atoms with E-state index in [1.807, 2.05) is 0 Å². The fraction of sp³-hybridized carbons (Fsp3) is 0.722. The molecule has 3 nitrogen and oxygen atoms in total. The van der Waals surface area contributed by atoms with Crippen molar-refractivity contribution in [1.82, 2.24) is 15.1 Å². The van der Waals surface area contributed by atoms with Gasteiger partial charge in [0, 0.05) is 12.2 Å². The Morgan fingerprint density at radius 3 is 2.81 bits per heavy atom. The fourth-order valence-electron chi connectivity index (χ4n) is 3.78. The van der Waals surface area contributed by atoms with Gasteiger partial charge >= 0.3 is 0 Å². The van der Waals surface area contributed by atoms with E-state index in [1.54, 1.807) is 0 Å². The third kappa shape index (κ3) is 4.19. The highest BCUT2D eigenvalue weighted by Gasteiger charge is 2.16. The van der Waals surface area contributed by atoms with E-state index in [9.17, 15) is 0 Å². The van der Waals surface area contributed by atoms with Crippen LogP contribution in [0.1, 0.15) is 76.4 Å². The Morgan fingerprint density at radius 2 is 2.05 bits per heavy atom. The van der Waals surface area contributed by atoms with Gasteiger partial charge in [-0.15, -0.1) is 0 Å². The van der Waals surface area contributed by atoms with Crippen LogP contribution in [0.3, 0.4) is 0 Å². The molecular formula is C18H29N3. The largest absolute Gasteiger partial charge is 0.314 e. The molecule has 1 N–H and O–H groups in total. The first-order valence-electron chi connectivity index (χ1n) is 8.77. The molecule has 2 heterocycles. The molecule has 116 valence electrons. The van der Waals surface area contributed by atoms with Gasteiger partial charge in [-0.05, 0) is 57.7 Å². The van der Waals surface area contributed by atoms with E-state index in [0.717, 1.165) is 12.1 Å². The van der Waals surface area contributed by atoms with Crippen LogP contribution in [-0.2, 0) is 0 Å². The second-order valence-corrected chi connectivity index (χ2v) is 6.85. The summed E-state index contributed by atoms with van der Waals surface area (Å²) >= 11 is 0. The summed E-state index contributed by atoms with van der Waals surface area (Å²) in [7, 11) is 0. The van der Waals surface area contributed by atoms with Gasteiger partial charge in [0.25, 0.3) is 0 Å². The lowest BCUT2D eigenvalue weighted by atomic mass is 9.96. The average Bonchev–Trinajstić information content (AvgIpc) is 2.97. The zero-order chi connectivity index (χ0) is 14.5.